The zero-order valence-corrected chi connectivity index (χ0v) is 44.2. The number of carbonyl (C=O) groups excluding carboxylic acids is 2. The number of phosphoric acid groups is 1. The van der Waals surface area contributed by atoms with Crippen LogP contribution in [-0.4, -0.2) is 74.9 Å². The minimum Gasteiger partial charge on any atom is -0.462 e. The smallest absolute Gasteiger partial charge is 0.462 e. The minimum absolute atomic E-state index is 0.0369. The Hall–Kier alpha value is -0.990. The van der Waals surface area contributed by atoms with E-state index in [1.54, 1.807) is 0 Å². The Morgan fingerprint density at radius 2 is 0.703 bits per heavy atom. The first kappa shape index (κ1) is 63.0. The van der Waals surface area contributed by atoms with Crippen LogP contribution < -0.4 is 0 Å². The van der Waals surface area contributed by atoms with Gasteiger partial charge in [0, 0.05) is 12.8 Å². The molecule has 0 saturated carbocycles. The summed E-state index contributed by atoms with van der Waals surface area (Å²) in [7, 11) is 1.50. The predicted molar refractivity (Wildman–Crippen MR) is 271 cm³/mol. The van der Waals surface area contributed by atoms with Gasteiger partial charge in [-0.3, -0.25) is 18.6 Å². The van der Waals surface area contributed by atoms with Gasteiger partial charge in [-0.15, -0.1) is 0 Å². The Morgan fingerprint density at radius 1 is 0.422 bits per heavy atom. The van der Waals surface area contributed by atoms with Crippen LogP contribution in [0.15, 0.2) is 0 Å². The number of carbonyl (C=O) groups is 2. The van der Waals surface area contributed by atoms with Crippen molar-refractivity contribution in [3.63, 3.8) is 0 Å². The first-order valence-electron chi connectivity index (χ1n) is 27.8. The number of hydrogen-bond acceptors (Lipinski definition) is 7. The molecule has 0 fully saturated rings. The molecule has 64 heavy (non-hydrogen) atoms. The molecule has 0 rings (SSSR count). The van der Waals surface area contributed by atoms with Gasteiger partial charge < -0.3 is 18.9 Å². The highest BCUT2D eigenvalue weighted by atomic mass is 31.2. The molecule has 0 aromatic carbocycles. The second-order valence-corrected chi connectivity index (χ2v) is 21.8. The zero-order valence-electron chi connectivity index (χ0n) is 43.3. The van der Waals surface area contributed by atoms with Gasteiger partial charge in [0.15, 0.2) is 6.10 Å². The monoisotopic (exact) mass is 931 g/mol. The first-order chi connectivity index (χ1) is 31.0. The maximum absolute atomic E-state index is 12.7. The van der Waals surface area contributed by atoms with E-state index >= 15 is 0 Å². The first-order valence-corrected chi connectivity index (χ1v) is 29.3. The normalized spacial score (nSPS) is 13.3. The van der Waals surface area contributed by atoms with Crippen LogP contribution in [0.25, 0.3) is 0 Å². The van der Waals surface area contributed by atoms with Crippen molar-refractivity contribution in [3.05, 3.63) is 0 Å². The quantitative estimate of drug-likeness (QED) is 0.0278. The molecule has 0 aromatic heterocycles. The molecule has 0 aliphatic carbocycles. The lowest BCUT2D eigenvalue weighted by Crippen LogP contribution is -2.37. The van der Waals surface area contributed by atoms with E-state index in [1.165, 1.54) is 218 Å². The molecule has 0 aliphatic rings. The molecule has 9 nitrogen and oxygen atoms in total. The number of esters is 2. The van der Waals surface area contributed by atoms with Gasteiger partial charge in [0.25, 0.3) is 0 Å². The summed E-state index contributed by atoms with van der Waals surface area (Å²) in [5, 5.41) is 0. The largest absolute Gasteiger partial charge is 0.472 e. The van der Waals surface area contributed by atoms with Crippen LogP contribution in [0.1, 0.15) is 284 Å². The summed E-state index contributed by atoms with van der Waals surface area (Å²) >= 11 is 0. The van der Waals surface area contributed by atoms with Crippen molar-refractivity contribution in [1.82, 2.24) is 0 Å². The average Bonchev–Trinajstić information content (AvgIpc) is 3.25. The molecule has 0 aliphatic heterocycles. The van der Waals surface area contributed by atoms with Crippen LogP contribution in [0.4, 0.5) is 0 Å². The molecule has 0 spiro atoms. The van der Waals surface area contributed by atoms with Crippen molar-refractivity contribution in [3.8, 4) is 0 Å². The van der Waals surface area contributed by atoms with Crippen LogP contribution in [-0.2, 0) is 32.7 Å². The molecular formula is C54H109NO8P+. The maximum Gasteiger partial charge on any atom is 0.472 e. The van der Waals surface area contributed by atoms with E-state index in [-0.39, 0.29) is 25.6 Å². The summed E-state index contributed by atoms with van der Waals surface area (Å²) in [5.41, 5.74) is 0. The van der Waals surface area contributed by atoms with Crippen LogP contribution in [0.5, 0.6) is 0 Å². The van der Waals surface area contributed by atoms with Crippen molar-refractivity contribution < 1.29 is 42.1 Å². The number of quaternary nitrogens is 1. The minimum atomic E-state index is -4.37. The van der Waals surface area contributed by atoms with Crippen LogP contribution >= 0.6 is 7.82 Å². The number of hydrogen-bond donors (Lipinski definition) is 1. The van der Waals surface area contributed by atoms with Gasteiger partial charge in [-0.2, -0.15) is 0 Å². The molecular weight excluding hydrogens is 822 g/mol. The number of rotatable bonds is 52. The van der Waals surface area contributed by atoms with Crippen molar-refractivity contribution in [2.24, 2.45) is 0 Å². The fraction of sp³-hybridized carbons (Fsp3) is 0.963. The number of nitrogens with zero attached hydrogens (tertiary/aromatic N) is 1. The van der Waals surface area contributed by atoms with Gasteiger partial charge in [0.2, 0.25) is 0 Å². The van der Waals surface area contributed by atoms with Gasteiger partial charge in [0.1, 0.15) is 19.8 Å². The van der Waals surface area contributed by atoms with Crippen molar-refractivity contribution in [2.75, 3.05) is 47.5 Å². The number of phosphoric ester groups is 1. The Labute approximate surface area is 397 Å². The van der Waals surface area contributed by atoms with Gasteiger partial charge in [-0.1, -0.05) is 258 Å². The average molecular weight is 931 g/mol. The Balaban J connectivity index is 3.91. The molecule has 1 N–H and O–H groups in total. The summed E-state index contributed by atoms with van der Waals surface area (Å²) in [6.07, 6.45) is 52.0. The maximum atomic E-state index is 12.7. The highest BCUT2D eigenvalue weighted by Crippen LogP contribution is 2.43. The SMILES string of the molecule is CCCCCCCCCCCCCCCCCCCCCCCCCCCCCCCCCC(=O)OC(COC(=O)CCCCCCCCCCC)COP(=O)(O)OCC[N+](C)(C)C. The van der Waals surface area contributed by atoms with Crippen LogP contribution in [0, 0.1) is 0 Å². The number of unbranched alkanes of at least 4 members (excludes halogenated alkanes) is 38. The summed E-state index contributed by atoms with van der Waals surface area (Å²) in [4.78, 5) is 35.4. The van der Waals surface area contributed by atoms with E-state index < -0.39 is 26.5 Å². The molecule has 0 radical (unpaired) electrons. The van der Waals surface area contributed by atoms with E-state index in [1.807, 2.05) is 21.1 Å². The summed E-state index contributed by atoms with van der Waals surface area (Å²) in [6, 6.07) is 0. The fourth-order valence-electron chi connectivity index (χ4n) is 8.31. The van der Waals surface area contributed by atoms with E-state index in [0.29, 0.717) is 17.4 Å². The summed E-state index contributed by atoms with van der Waals surface area (Å²) in [5.74, 6) is -0.783. The third-order valence-electron chi connectivity index (χ3n) is 12.6. The van der Waals surface area contributed by atoms with E-state index in [9.17, 15) is 19.0 Å². The van der Waals surface area contributed by atoms with Gasteiger partial charge in [-0.25, -0.2) is 4.57 Å². The van der Waals surface area contributed by atoms with Gasteiger partial charge in [-0.05, 0) is 12.8 Å². The molecule has 0 bridgehead atoms. The Bertz CT molecular complexity index is 1050. The highest BCUT2D eigenvalue weighted by molar-refractivity contribution is 7.47. The Kier molecular flexibility index (Phi) is 46.4. The molecule has 382 valence electrons. The lowest BCUT2D eigenvalue weighted by atomic mass is 10.0. The molecule has 0 amide bonds. The summed E-state index contributed by atoms with van der Waals surface area (Å²) < 4.78 is 34.4. The van der Waals surface area contributed by atoms with E-state index in [0.717, 1.165) is 38.5 Å². The molecule has 10 heteroatoms. The van der Waals surface area contributed by atoms with Crippen LogP contribution in [0.3, 0.4) is 0 Å². The highest BCUT2D eigenvalue weighted by Gasteiger charge is 2.27. The topological polar surface area (TPSA) is 108 Å². The zero-order chi connectivity index (χ0) is 47.1. The van der Waals surface area contributed by atoms with Gasteiger partial charge >= 0.3 is 19.8 Å². The van der Waals surface area contributed by atoms with Crippen molar-refractivity contribution in [1.29, 1.82) is 0 Å². The van der Waals surface area contributed by atoms with Gasteiger partial charge in [0.05, 0.1) is 27.7 Å². The van der Waals surface area contributed by atoms with E-state index in [2.05, 4.69) is 13.8 Å². The number of likely N-dealkylation sites (N-methyl/N-ethyl adjacent to an activating group) is 1. The Morgan fingerprint density at radius 3 is 1.00 bits per heavy atom. The third kappa shape index (κ3) is 50.4. The second kappa shape index (κ2) is 47.1. The van der Waals surface area contributed by atoms with Crippen molar-refractivity contribution >= 4 is 19.8 Å². The molecule has 0 heterocycles. The lowest BCUT2D eigenvalue weighted by molar-refractivity contribution is -0.870. The molecule has 2 atom stereocenters. The fourth-order valence-corrected chi connectivity index (χ4v) is 9.05. The van der Waals surface area contributed by atoms with Crippen LogP contribution in [0.2, 0.25) is 0 Å². The summed E-state index contributed by atoms with van der Waals surface area (Å²) in [6.45, 7) is 4.46. The second-order valence-electron chi connectivity index (χ2n) is 20.3. The van der Waals surface area contributed by atoms with Crippen molar-refractivity contribution in [2.45, 2.75) is 290 Å². The predicted octanol–water partition coefficient (Wildman–Crippen LogP) is 16.7. The lowest BCUT2D eigenvalue weighted by Gasteiger charge is -2.24. The number of ether oxygens (including phenoxy) is 2. The standard InChI is InChI=1S/C54H108NO8P/c1-6-8-10-12-14-16-17-18-19-20-21-22-23-24-25-26-27-28-29-30-31-32-33-34-35-36-37-39-41-43-45-47-54(57)63-52(51-62-64(58,59)61-49-48-55(3,4)5)50-60-53(56)46-44-42-40-38-15-13-11-9-7-2/h52H,6-51H2,1-5H3/p+1. The van der Waals surface area contributed by atoms with E-state index in [4.69, 9.17) is 18.5 Å². The molecule has 0 saturated heterocycles. The molecule has 2 unspecified atom stereocenters. The molecule has 0 aromatic rings. The third-order valence-corrected chi connectivity index (χ3v) is 13.6.